The van der Waals surface area contributed by atoms with Crippen LogP contribution in [0.3, 0.4) is 0 Å². The molecule has 0 saturated carbocycles. The van der Waals surface area contributed by atoms with Gasteiger partial charge in [0.1, 0.15) is 0 Å². The summed E-state index contributed by atoms with van der Waals surface area (Å²) in [7, 11) is 1.49. The largest absolute Gasteiger partial charge is 0.480 e. The molecule has 0 aliphatic heterocycles. The Morgan fingerprint density at radius 1 is 1.24 bits per heavy atom. The first kappa shape index (κ1) is 15.4. The van der Waals surface area contributed by atoms with Gasteiger partial charge in [0.25, 0.3) is 0 Å². The van der Waals surface area contributed by atoms with Crippen molar-refractivity contribution in [2.45, 2.75) is 19.8 Å². The molecule has 0 aliphatic rings. The summed E-state index contributed by atoms with van der Waals surface area (Å²) in [5, 5.41) is 13.1. The van der Waals surface area contributed by atoms with Crippen molar-refractivity contribution >= 4 is 17.9 Å². The summed E-state index contributed by atoms with van der Waals surface area (Å²) < 4.78 is 0. The lowest BCUT2D eigenvalue weighted by molar-refractivity contribution is -0.138. The van der Waals surface area contributed by atoms with Crippen LogP contribution in [0.15, 0.2) is 0 Å². The summed E-state index contributed by atoms with van der Waals surface area (Å²) in [6, 6.07) is -0.549. The molecule has 98 valence electrons. The van der Waals surface area contributed by atoms with Crippen LogP contribution in [-0.4, -0.2) is 54.6 Å². The fraction of sp³-hybridized carbons (Fsp3) is 0.700. The summed E-state index contributed by atoms with van der Waals surface area (Å²) in [4.78, 5) is 34.1. The minimum absolute atomic E-state index is 0.131. The van der Waals surface area contributed by atoms with Gasteiger partial charge in [-0.3, -0.25) is 19.8 Å². The Balaban J connectivity index is 3.77. The number of carboxylic acid groups (broad SMARTS) is 1. The Bertz CT molecular complexity index is 281. The van der Waals surface area contributed by atoms with Crippen molar-refractivity contribution in [3.8, 4) is 0 Å². The van der Waals surface area contributed by atoms with Crippen molar-refractivity contribution in [1.82, 2.24) is 15.5 Å². The molecular formula is C10H19N3O4. The molecular weight excluding hydrogens is 226 g/mol. The monoisotopic (exact) mass is 245 g/mol. The van der Waals surface area contributed by atoms with E-state index < -0.39 is 17.9 Å². The van der Waals surface area contributed by atoms with Crippen molar-refractivity contribution in [3.05, 3.63) is 0 Å². The smallest absolute Gasteiger partial charge is 0.321 e. The van der Waals surface area contributed by atoms with Gasteiger partial charge in [-0.05, 0) is 13.5 Å². The highest BCUT2D eigenvalue weighted by atomic mass is 16.4. The molecule has 0 spiro atoms. The predicted molar refractivity (Wildman–Crippen MR) is 61.6 cm³/mol. The SMILES string of the molecule is CCCCNC(=O)NC(=O)CN(C)CC(=O)O. The number of imide groups is 1. The number of carboxylic acids is 1. The maximum Gasteiger partial charge on any atom is 0.321 e. The molecule has 0 unspecified atom stereocenters. The fourth-order valence-corrected chi connectivity index (χ4v) is 1.12. The number of urea groups is 1. The number of carbonyl (C=O) groups is 3. The number of aliphatic carboxylic acids is 1. The lowest BCUT2D eigenvalue weighted by atomic mass is 10.3. The third-order valence-corrected chi connectivity index (χ3v) is 1.89. The van der Waals surface area contributed by atoms with E-state index in [1.165, 1.54) is 11.9 Å². The van der Waals surface area contributed by atoms with Gasteiger partial charge < -0.3 is 10.4 Å². The average molecular weight is 245 g/mol. The van der Waals surface area contributed by atoms with Gasteiger partial charge in [-0.2, -0.15) is 0 Å². The van der Waals surface area contributed by atoms with Crippen LogP contribution in [0.2, 0.25) is 0 Å². The van der Waals surface area contributed by atoms with Gasteiger partial charge >= 0.3 is 12.0 Å². The maximum atomic E-state index is 11.3. The van der Waals surface area contributed by atoms with E-state index in [2.05, 4.69) is 10.6 Å². The molecule has 17 heavy (non-hydrogen) atoms. The molecule has 0 aromatic heterocycles. The van der Waals surface area contributed by atoms with Crippen molar-refractivity contribution in [1.29, 1.82) is 0 Å². The quantitative estimate of drug-likeness (QED) is 0.531. The van der Waals surface area contributed by atoms with Crippen LogP contribution in [-0.2, 0) is 9.59 Å². The normalized spacial score (nSPS) is 10.1. The molecule has 0 heterocycles. The molecule has 7 heteroatoms. The highest BCUT2D eigenvalue weighted by molar-refractivity contribution is 5.95. The van der Waals surface area contributed by atoms with Crippen molar-refractivity contribution < 1.29 is 19.5 Å². The van der Waals surface area contributed by atoms with Crippen LogP contribution in [0.5, 0.6) is 0 Å². The zero-order valence-corrected chi connectivity index (χ0v) is 10.2. The van der Waals surface area contributed by atoms with Crippen molar-refractivity contribution in [3.63, 3.8) is 0 Å². The number of nitrogens with zero attached hydrogens (tertiary/aromatic N) is 1. The number of nitrogens with one attached hydrogen (secondary N) is 2. The number of unbranched alkanes of at least 4 members (excludes halogenated alkanes) is 1. The second kappa shape index (κ2) is 8.51. The Morgan fingerprint density at radius 3 is 2.41 bits per heavy atom. The van der Waals surface area contributed by atoms with Crippen LogP contribution in [0.4, 0.5) is 4.79 Å². The van der Waals surface area contributed by atoms with E-state index in [0.29, 0.717) is 6.54 Å². The van der Waals surface area contributed by atoms with Crippen LogP contribution in [0, 0.1) is 0 Å². The molecule has 0 radical (unpaired) electrons. The van der Waals surface area contributed by atoms with Crippen LogP contribution in [0.1, 0.15) is 19.8 Å². The van der Waals surface area contributed by atoms with Gasteiger partial charge in [0.2, 0.25) is 5.91 Å². The third-order valence-electron chi connectivity index (χ3n) is 1.89. The molecule has 0 saturated heterocycles. The van der Waals surface area contributed by atoms with Crippen LogP contribution in [0.25, 0.3) is 0 Å². The van der Waals surface area contributed by atoms with Gasteiger partial charge in [-0.1, -0.05) is 13.3 Å². The summed E-state index contributed by atoms with van der Waals surface area (Å²) >= 11 is 0. The first-order valence-electron chi connectivity index (χ1n) is 5.43. The fourth-order valence-electron chi connectivity index (χ4n) is 1.12. The molecule has 0 atom stereocenters. The van der Waals surface area contributed by atoms with E-state index in [1.54, 1.807) is 0 Å². The second-order valence-electron chi connectivity index (χ2n) is 3.72. The summed E-state index contributed by atoms with van der Waals surface area (Å²) in [5.41, 5.74) is 0. The molecule has 0 bridgehead atoms. The van der Waals surface area contributed by atoms with Crippen molar-refractivity contribution in [2.24, 2.45) is 0 Å². The molecule has 0 aliphatic carbocycles. The average Bonchev–Trinajstić information content (AvgIpc) is 2.15. The van der Waals surface area contributed by atoms with E-state index in [0.717, 1.165) is 12.8 Å². The third kappa shape index (κ3) is 9.31. The second-order valence-corrected chi connectivity index (χ2v) is 3.72. The van der Waals surface area contributed by atoms with E-state index in [9.17, 15) is 14.4 Å². The lowest BCUT2D eigenvalue weighted by Crippen LogP contribution is -2.44. The lowest BCUT2D eigenvalue weighted by Gasteiger charge is -2.13. The predicted octanol–water partition coefficient (Wildman–Crippen LogP) is -0.371. The Labute approximate surface area is 100 Å². The Morgan fingerprint density at radius 2 is 1.88 bits per heavy atom. The molecule has 0 fully saturated rings. The number of hydrogen-bond acceptors (Lipinski definition) is 4. The summed E-state index contributed by atoms with van der Waals surface area (Å²) in [6.07, 6.45) is 1.80. The summed E-state index contributed by atoms with van der Waals surface area (Å²) in [6.45, 7) is 2.13. The van der Waals surface area contributed by atoms with Gasteiger partial charge in [0, 0.05) is 6.54 Å². The molecule has 3 amide bonds. The van der Waals surface area contributed by atoms with Gasteiger partial charge in [-0.15, -0.1) is 0 Å². The van der Waals surface area contributed by atoms with Gasteiger partial charge in [0.15, 0.2) is 0 Å². The highest BCUT2D eigenvalue weighted by Crippen LogP contribution is 1.84. The van der Waals surface area contributed by atoms with Crippen molar-refractivity contribution in [2.75, 3.05) is 26.7 Å². The highest BCUT2D eigenvalue weighted by Gasteiger charge is 2.11. The van der Waals surface area contributed by atoms with Crippen LogP contribution < -0.4 is 10.6 Å². The minimum atomic E-state index is -1.02. The summed E-state index contributed by atoms with van der Waals surface area (Å²) in [5.74, 6) is -1.55. The molecule has 0 rings (SSSR count). The number of carbonyl (C=O) groups excluding carboxylic acids is 2. The van der Waals surface area contributed by atoms with E-state index in [1.807, 2.05) is 6.92 Å². The molecule has 0 aromatic rings. The molecule has 0 aromatic carbocycles. The van der Waals surface area contributed by atoms with E-state index in [4.69, 9.17) is 5.11 Å². The zero-order valence-electron chi connectivity index (χ0n) is 10.2. The number of likely N-dealkylation sites (N-methyl/N-ethyl adjacent to an activating group) is 1. The van der Waals surface area contributed by atoms with Gasteiger partial charge in [-0.25, -0.2) is 4.79 Å². The van der Waals surface area contributed by atoms with Crippen LogP contribution >= 0.6 is 0 Å². The zero-order chi connectivity index (χ0) is 13.3. The number of rotatable bonds is 7. The Hall–Kier alpha value is -1.63. The topological polar surface area (TPSA) is 98.7 Å². The molecule has 7 nitrogen and oxygen atoms in total. The minimum Gasteiger partial charge on any atom is -0.480 e. The Kier molecular flexibility index (Phi) is 7.70. The maximum absolute atomic E-state index is 11.3. The van der Waals surface area contributed by atoms with E-state index in [-0.39, 0.29) is 13.1 Å². The first-order chi connectivity index (χ1) is 7.95. The molecule has 3 N–H and O–H groups in total. The number of hydrogen-bond donors (Lipinski definition) is 3. The van der Waals surface area contributed by atoms with Gasteiger partial charge in [0.05, 0.1) is 13.1 Å². The number of amides is 3. The van der Waals surface area contributed by atoms with E-state index >= 15 is 0 Å². The first-order valence-corrected chi connectivity index (χ1v) is 5.43. The standard InChI is InChI=1S/C10H19N3O4/c1-3-4-5-11-10(17)12-8(14)6-13(2)7-9(15)16/h3-7H2,1-2H3,(H,15,16)(H2,11,12,14,17).